The Hall–Kier alpha value is -1.88. The zero-order valence-corrected chi connectivity index (χ0v) is 12.9. The summed E-state index contributed by atoms with van der Waals surface area (Å²) in [6, 6.07) is -1.32. The number of pyridine rings is 1. The molecule has 11 nitrogen and oxygen atoms in total. The molecule has 0 unspecified atom stereocenters. The van der Waals surface area contributed by atoms with Crippen LogP contribution < -0.4 is 5.90 Å². The van der Waals surface area contributed by atoms with Gasteiger partial charge in [-0.3, -0.25) is 14.5 Å². The highest BCUT2D eigenvalue weighted by Gasteiger charge is 2.19. The van der Waals surface area contributed by atoms with E-state index >= 15 is 0 Å². The smallest absolute Gasteiger partial charge is 0.469 e. The number of aromatic nitrogens is 1. The highest BCUT2D eigenvalue weighted by molar-refractivity contribution is 7.46. The summed E-state index contributed by atoms with van der Waals surface area (Å²) in [4.78, 5) is 40.2. The Bertz CT molecular complexity index is 644. The minimum absolute atomic E-state index is 0.0224. The highest BCUT2D eigenvalue weighted by Crippen LogP contribution is 2.37. The van der Waals surface area contributed by atoms with Gasteiger partial charge in [0, 0.05) is 23.5 Å². The van der Waals surface area contributed by atoms with Crippen LogP contribution in [-0.4, -0.2) is 49.8 Å². The molecule has 0 aliphatic carbocycles. The molecule has 0 aromatic carbocycles. The largest absolute Gasteiger partial charge is 0.505 e. The number of aliphatic imine (C=N–C) groups is 1. The van der Waals surface area contributed by atoms with Gasteiger partial charge in [-0.05, 0) is 6.92 Å². The second-order valence-corrected chi connectivity index (χ2v) is 5.60. The van der Waals surface area contributed by atoms with E-state index < -0.39 is 33.0 Å². The minimum Gasteiger partial charge on any atom is -0.505 e. The van der Waals surface area contributed by atoms with Gasteiger partial charge in [-0.1, -0.05) is 0 Å². The predicted octanol–water partition coefficient (Wildman–Crippen LogP) is -0.533. The lowest BCUT2D eigenvalue weighted by Gasteiger charge is -2.11. The average Bonchev–Trinajstić information content (AvgIpc) is 2.45. The molecule has 0 saturated carbocycles. The molecule has 0 amide bonds. The Morgan fingerprint density at radius 3 is 2.74 bits per heavy atom. The number of hydrogen-bond acceptors (Lipinski definition) is 8. The molecule has 0 bridgehead atoms. The van der Waals surface area contributed by atoms with Crippen LogP contribution in [0.3, 0.4) is 0 Å². The van der Waals surface area contributed by atoms with E-state index in [1.165, 1.54) is 13.1 Å². The van der Waals surface area contributed by atoms with Crippen molar-refractivity contribution in [2.75, 3.05) is 6.61 Å². The van der Waals surface area contributed by atoms with E-state index in [1.807, 2.05) is 0 Å². The molecule has 0 aliphatic rings. The molecule has 23 heavy (non-hydrogen) atoms. The molecule has 12 heteroatoms. The van der Waals surface area contributed by atoms with Crippen molar-refractivity contribution in [1.82, 2.24) is 4.98 Å². The van der Waals surface area contributed by atoms with Crippen LogP contribution in [0.1, 0.15) is 16.8 Å². The van der Waals surface area contributed by atoms with E-state index in [0.717, 1.165) is 6.21 Å². The predicted molar refractivity (Wildman–Crippen MR) is 76.6 cm³/mol. The Labute approximate surface area is 130 Å². The number of carbonyl (C=O) groups is 1. The third kappa shape index (κ3) is 6.02. The van der Waals surface area contributed by atoms with Crippen LogP contribution in [0.2, 0.25) is 0 Å². The van der Waals surface area contributed by atoms with Crippen LogP contribution in [-0.2, 0) is 25.3 Å². The fourth-order valence-corrected chi connectivity index (χ4v) is 1.81. The lowest BCUT2D eigenvalue weighted by Crippen LogP contribution is -2.25. The second-order valence-electron chi connectivity index (χ2n) is 4.36. The lowest BCUT2D eigenvalue weighted by molar-refractivity contribution is -0.139. The number of aromatic hydroxyl groups is 1. The van der Waals surface area contributed by atoms with Crippen molar-refractivity contribution in [1.29, 1.82) is 0 Å². The van der Waals surface area contributed by atoms with E-state index in [2.05, 4.69) is 19.3 Å². The summed E-state index contributed by atoms with van der Waals surface area (Å²) >= 11 is 0. The molecule has 1 heterocycles. The molecule has 6 N–H and O–H groups in total. The maximum Gasteiger partial charge on any atom is 0.469 e. The molecular weight excluding hydrogens is 333 g/mol. The first kappa shape index (κ1) is 19.2. The standard InChI is InChI=1S/C11H16N3O8P/c1-6-10(15)8(3-14-9(5-21-12)11(16)17)7(2-13-6)4-22-23(18,19)20/h2-3,9,15H,4-5,12H2,1H3,(H,16,17)(H2,18,19,20)/t9-/m1/s1. The average molecular weight is 349 g/mol. The van der Waals surface area contributed by atoms with Crippen LogP contribution >= 0.6 is 7.82 Å². The maximum atomic E-state index is 11.0. The molecule has 1 aromatic rings. The van der Waals surface area contributed by atoms with Gasteiger partial charge in [0.05, 0.1) is 12.3 Å². The first-order chi connectivity index (χ1) is 10.7. The molecule has 1 rings (SSSR count). The van der Waals surface area contributed by atoms with Gasteiger partial charge >= 0.3 is 13.8 Å². The first-order valence-electron chi connectivity index (χ1n) is 6.11. The number of aryl methyl sites for hydroxylation is 1. The van der Waals surface area contributed by atoms with Gasteiger partial charge in [0.25, 0.3) is 0 Å². The Kier molecular flexibility index (Phi) is 6.76. The molecule has 0 radical (unpaired) electrons. The zero-order valence-electron chi connectivity index (χ0n) is 12.0. The van der Waals surface area contributed by atoms with Crippen LogP contribution in [0.5, 0.6) is 5.75 Å². The van der Waals surface area contributed by atoms with Crippen LogP contribution in [0, 0.1) is 6.92 Å². The monoisotopic (exact) mass is 349 g/mol. The Morgan fingerprint density at radius 2 is 2.22 bits per heavy atom. The Morgan fingerprint density at radius 1 is 1.57 bits per heavy atom. The number of aliphatic carboxylic acids is 1. The summed E-state index contributed by atoms with van der Waals surface area (Å²) in [5.74, 6) is 3.19. The van der Waals surface area contributed by atoms with E-state index in [9.17, 15) is 14.5 Å². The second kappa shape index (κ2) is 8.11. The number of rotatable bonds is 8. The molecular formula is C11H16N3O8P. The summed E-state index contributed by atoms with van der Waals surface area (Å²) in [5, 5.41) is 18.9. The summed E-state index contributed by atoms with van der Waals surface area (Å²) in [6.07, 6.45) is 2.25. The number of hydrogen-bond donors (Lipinski definition) is 5. The van der Waals surface area contributed by atoms with Gasteiger partial charge in [0.15, 0.2) is 6.04 Å². The van der Waals surface area contributed by atoms with Gasteiger partial charge in [-0.25, -0.2) is 15.3 Å². The fraction of sp³-hybridized carbons (Fsp3) is 0.364. The van der Waals surface area contributed by atoms with Crippen molar-refractivity contribution in [3.8, 4) is 5.75 Å². The fourth-order valence-electron chi connectivity index (χ4n) is 1.50. The van der Waals surface area contributed by atoms with Gasteiger partial charge in [0.2, 0.25) is 0 Å². The van der Waals surface area contributed by atoms with Crippen molar-refractivity contribution in [2.24, 2.45) is 10.9 Å². The van der Waals surface area contributed by atoms with E-state index in [4.69, 9.17) is 20.8 Å². The summed E-state index contributed by atoms with van der Waals surface area (Å²) < 4.78 is 15.1. The molecule has 0 spiro atoms. The topological polar surface area (TPSA) is 185 Å². The van der Waals surface area contributed by atoms with Crippen molar-refractivity contribution in [2.45, 2.75) is 19.6 Å². The van der Waals surface area contributed by atoms with Crippen LogP contribution in [0.25, 0.3) is 0 Å². The van der Waals surface area contributed by atoms with Gasteiger partial charge in [0.1, 0.15) is 12.4 Å². The van der Waals surface area contributed by atoms with Crippen molar-refractivity contribution >= 4 is 20.0 Å². The molecule has 0 saturated heterocycles. The minimum atomic E-state index is -4.73. The zero-order chi connectivity index (χ0) is 17.6. The third-order valence-electron chi connectivity index (χ3n) is 2.67. The summed E-state index contributed by atoms with van der Waals surface area (Å²) in [5.41, 5.74) is 0.348. The van der Waals surface area contributed by atoms with E-state index in [-0.39, 0.29) is 22.6 Å². The SMILES string of the molecule is Cc1ncc(COP(=O)(O)O)c(C=N[C@H](CON)C(=O)O)c1O. The Balaban J connectivity index is 3.14. The molecule has 128 valence electrons. The number of carboxylic acids is 1. The van der Waals surface area contributed by atoms with Crippen molar-refractivity contribution in [3.63, 3.8) is 0 Å². The van der Waals surface area contributed by atoms with E-state index in [0.29, 0.717) is 0 Å². The number of nitrogens with zero attached hydrogens (tertiary/aromatic N) is 2. The quantitative estimate of drug-likeness (QED) is 0.232. The van der Waals surface area contributed by atoms with E-state index in [1.54, 1.807) is 0 Å². The van der Waals surface area contributed by atoms with Crippen LogP contribution in [0.15, 0.2) is 11.2 Å². The maximum absolute atomic E-state index is 11.0. The van der Waals surface area contributed by atoms with Gasteiger partial charge < -0.3 is 24.8 Å². The third-order valence-corrected chi connectivity index (χ3v) is 3.13. The normalized spacial score (nSPS) is 13.4. The number of nitrogens with two attached hydrogens (primary N) is 1. The van der Waals surface area contributed by atoms with Crippen molar-refractivity contribution < 1.29 is 38.7 Å². The molecule has 1 atom stereocenters. The van der Waals surface area contributed by atoms with Crippen LogP contribution in [0.4, 0.5) is 0 Å². The molecule has 1 aromatic heterocycles. The van der Waals surface area contributed by atoms with Gasteiger partial charge in [-0.15, -0.1) is 0 Å². The lowest BCUT2D eigenvalue weighted by atomic mass is 10.1. The summed E-state index contributed by atoms with van der Waals surface area (Å²) in [7, 11) is -4.73. The van der Waals surface area contributed by atoms with Crippen molar-refractivity contribution in [3.05, 3.63) is 23.0 Å². The molecule has 0 aliphatic heterocycles. The number of phosphoric acid groups is 1. The summed E-state index contributed by atoms with van der Waals surface area (Å²) in [6.45, 7) is 0.528. The number of phosphoric ester groups is 1. The number of carboxylic acid groups (broad SMARTS) is 1. The van der Waals surface area contributed by atoms with Gasteiger partial charge in [-0.2, -0.15) is 0 Å². The molecule has 0 fully saturated rings. The highest BCUT2D eigenvalue weighted by atomic mass is 31.2. The first-order valence-corrected chi connectivity index (χ1v) is 7.64.